The molecule has 3 heteroatoms. The molecule has 0 bridgehead atoms. The van der Waals surface area contributed by atoms with Crippen molar-refractivity contribution >= 4 is 0 Å². The number of aliphatic hydroxyl groups is 2. The van der Waals surface area contributed by atoms with Crippen LogP contribution in [0.4, 0.5) is 0 Å². The Balaban J connectivity index is 1.42. The molecule has 5 rings (SSSR count). The molecule has 0 aromatic carbocycles. The largest absolute Gasteiger partial charge is 0.390 e. The average molecular weight is 402 g/mol. The quantitative estimate of drug-likeness (QED) is 0.622. The van der Waals surface area contributed by atoms with Crippen molar-refractivity contribution in [3.05, 3.63) is 11.6 Å². The van der Waals surface area contributed by atoms with Gasteiger partial charge in [-0.25, -0.2) is 0 Å². The van der Waals surface area contributed by atoms with Crippen molar-refractivity contribution < 1.29 is 10.2 Å². The monoisotopic (exact) mass is 401 g/mol. The topological polar surface area (TPSA) is 43.7 Å². The first kappa shape index (κ1) is 20.5. The molecule has 29 heavy (non-hydrogen) atoms. The van der Waals surface area contributed by atoms with Gasteiger partial charge in [0.15, 0.2) is 0 Å². The summed E-state index contributed by atoms with van der Waals surface area (Å²) in [5.74, 6) is 1.69. The maximum absolute atomic E-state index is 11.5. The third kappa shape index (κ3) is 2.93. The first-order valence-electron chi connectivity index (χ1n) is 12.7. The van der Waals surface area contributed by atoms with Gasteiger partial charge in [-0.3, -0.25) is 0 Å². The summed E-state index contributed by atoms with van der Waals surface area (Å²) in [7, 11) is 0. The van der Waals surface area contributed by atoms with Crippen LogP contribution in [0.15, 0.2) is 11.6 Å². The molecule has 0 aromatic rings. The number of nitrogens with zero attached hydrogens (tertiary/aromatic N) is 1. The van der Waals surface area contributed by atoms with E-state index in [1.54, 1.807) is 5.57 Å². The van der Waals surface area contributed by atoms with E-state index in [1.165, 1.54) is 70.9 Å². The standard InChI is InChI=1S/C26H43NO2/c1-4-17-8-9-19-22-20(11-13-25(17,19)2)26(3)12-10-18(27-14-6-5-7-15-27)16-21(26)23(28)24(22)29/h4,18-24,28-29H,5-16H2,1-3H3/b17-4-/t18?,19?,20?,21?,22?,23-,24?,25-,26-/m1/s1. The number of hydrogen-bond donors (Lipinski definition) is 2. The van der Waals surface area contributed by atoms with Crippen molar-refractivity contribution in [3.8, 4) is 0 Å². The van der Waals surface area contributed by atoms with Crippen molar-refractivity contribution in [1.82, 2.24) is 4.90 Å². The maximum Gasteiger partial charge on any atom is 0.0836 e. The maximum atomic E-state index is 11.5. The average Bonchev–Trinajstić information content (AvgIpc) is 3.08. The molecule has 9 atom stereocenters. The molecule has 3 nitrogen and oxygen atoms in total. The fraction of sp³-hybridized carbons (Fsp3) is 0.923. The molecule has 1 aliphatic heterocycles. The van der Waals surface area contributed by atoms with Gasteiger partial charge in [-0.15, -0.1) is 0 Å². The Morgan fingerprint density at radius 1 is 0.897 bits per heavy atom. The van der Waals surface area contributed by atoms with Crippen LogP contribution in [-0.2, 0) is 0 Å². The van der Waals surface area contributed by atoms with Gasteiger partial charge in [0.05, 0.1) is 12.2 Å². The molecule has 5 aliphatic rings. The Bertz CT molecular complexity index is 655. The highest BCUT2D eigenvalue weighted by Gasteiger charge is 2.64. The minimum atomic E-state index is -0.536. The van der Waals surface area contributed by atoms with Gasteiger partial charge in [0.25, 0.3) is 0 Å². The van der Waals surface area contributed by atoms with E-state index < -0.39 is 12.2 Å². The molecule has 0 amide bonds. The highest BCUT2D eigenvalue weighted by atomic mass is 16.3. The first-order valence-corrected chi connectivity index (χ1v) is 12.7. The predicted molar refractivity (Wildman–Crippen MR) is 117 cm³/mol. The van der Waals surface area contributed by atoms with Crippen LogP contribution in [0.3, 0.4) is 0 Å². The number of fused-ring (bicyclic) bond motifs is 5. The van der Waals surface area contributed by atoms with Gasteiger partial charge < -0.3 is 15.1 Å². The van der Waals surface area contributed by atoms with Crippen LogP contribution >= 0.6 is 0 Å². The molecule has 6 unspecified atom stereocenters. The fourth-order valence-corrected chi connectivity index (χ4v) is 9.18. The van der Waals surface area contributed by atoms with E-state index in [0.717, 1.165) is 6.42 Å². The number of aliphatic hydroxyl groups excluding tert-OH is 2. The Morgan fingerprint density at radius 2 is 1.66 bits per heavy atom. The van der Waals surface area contributed by atoms with Crippen LogP contribution in [0.2, 0.25) is 0 Å². The molecule has 5 fully saturated rings. The number of allylic oxidation sites excluding steroid dienone is 2. The third-order valence-corrected chi connectivity index (χ3v) is 10.8. The van der Waals surface area contributed by atoms with Gasteiger partial charge in [0, 0.05) is 6.04 Å². The lowest BCUT2D eigenvalue weighted by atomic mass is 9.43. The lowest BCUT2D eigenvalue weighted by molar-refractivity contribution is -0.215. The molecule has 2 N–H and O–H groups in total. The molecular weight excluding hydrogens is 358 g/mol. The Kier molecular flexibility index (Phi) is 5.20. The minimum absolute atomic E-state index is 0.204. The molecule has 1 heterocycles. The molecule has 0 aromatic heterocycles. The summed E-state index contributed by atoms with van der Waals surface area (Å²) in [6, 6.07) is 0.627. The predicted octanol–water partition coefficient (Wildman–Crippen LogP) is 4.77. The highest BCUT2D eigenvalue weighted by Crippen LogP contribution is 2.67. The van der Waals surface area contributed by atoms with Crippen LogP contribution in [0.5, 0.6) is 0 Å². The van der Waals surface area contributed by atoms with E-state index in [9.17, 15) is 10.2 Å². The van der Waals surface area contributed by atoms with Gasteiger partial charge in [-0.2, -0.15) is 0 Å². The van der Waals surface area contributed by atoms with Crippen molar-refractivity contribution in [2.75, 3.05) is 13.1 Å². The molecule has 0 radical (unpaired) electrons. The van der Waals surface area contributed by atoms with Crippen molar-refractivity contribution in [1.29, 1.82) is 0 Å². The Morgan fingerprint density at radius 3 is 2.38 bits per heavy atom. The molecule has 1 saturated heterocycles. The summed E-state index contributed by atoms with van der Waals surface area (Å²) in [6.07, 6.45) is 13.9. The number of hydrogen-bond acceptors (Lipinski definition) is 3. The van der Waals surface area contributed by atoms with E-state index in [2.05, 4.69) is 31.7 Å². The summed E-state index contributed by atoms with van der Waals surface area (Å²) in [4.78, 5) is 2.71. The molecule has 4 saturated carbocycles. The van der Waals surface area contributed by atoms with Crippen molar-refractivity contribution in [2.45, 2.75) is 103 Å². The van der Waals surface area contributed by atoms with E-state index in [1.807, 2.05) is 0 Å². The number of rotatable bonds is 1. The van der Waals surface area contributed by atoms with Crippen LogP contribution in [0.25, 0.3) is 0 Å². The van der Waals surface area contributed by atoms with Crippen molar-refractivity contribution in [3.63, 3.8) is 0 Å². The zero-order valence-electron chi connectivity index (χ0n) is 18.9. The lowest BCUT2D eigenvalue weighted by Crippen LogP contribution is -2.64. The van der Waals surface area contributed by atoms with Gasteiger partial charge >= 0.3 is 0 Å². The SMILES string of the molecule is C/C=C1/CCC2C3C(O)[C@H](O)C4CC(N5CCCCC5)CC[C@]4(C)C3CC[C@]12C. The van der Waals surface area contributed by atoms with Crippen molar-refractivity contribution in [2.24, 2.45) is 34.5 Å². The molecule has 164 valence electrons. The summed E-state index contributed by atoms with van der Waals surface area (Å²) in [6.45, 7) is 9.62. The van der Waals surface area contributed by atoms with Crippen LogP contribution in [-0.4, -0.2) is 46.5 Å². The molecule has 0 spiro atoms. The van der Waals surface area contributed by atoms with Gasteiger partial charge in [0.2, 0.25) is 0 Å². The summed E-state index contributed by atoms with van der Waals surface area (Å²) in [5, 5.41) is 22.9. The molecular formula is C26H43NO2. The summed E-state index contributed by atoms with van der Waals surface area (Å²) < 4.78 is 0. The van der Waals surface area contributed by atoms with E-state index >= 15 is 0 Å². The van der Waals surface area contributed by atoms with Gasteiger partial charge in [-0.05, 0) is 112 Å². The second kappa shape index (κ2) is 7.35. The van der Waals surface area contributed by atoms with Crippen LogP contribution in [0, 0.1) is 34.5 Å². The molecule has 4 aliphatic carbocycles. The second-order valence-electron chi connectivity index (χ2n) is 11.7. The zero-order valence-corrected chi connectivity index (χ0v) is 18.9. The normalized spacial score (nSPS) is 54.7. The smallest absolute Gasteiger partial charge is 0.0836 e. The highest BCUT2D eigenvalue weighted by molar-refractivity contribution is 5.25. The number of piperidine rings is 1. The van der Waals surface area contributed by atoms with Crippen LogP contribution in [0.1, 0.15) is 85.0 Å². The first-order chi connectivity index (χ1) is 13.9. The second-order valence-corrected chi connectivity index (χ2v) is 11.7. The zero-order chi connectivity index (χ0) is 20.4. The Labute approximate surface area is 177 Å². The Hall–Kier alpha value is -0.380. The van der Waals surface area contributed by atoms with E-state index in [4.69, 9.17) is 0 Å². The summed E-state index contributed by atoms with van der Waals surface area (Å²) >= 11 is 0. The van der Waals surface area contributed by atoms with Crippen LogP contribution < -0.4 is 0 Å². The lowest BCUT2D eigenvalue weighted by Gasteiger charge is -2.64. The number of likely N-dealkylation sites (tertiary alicyclic amines) is 1. The minimum Gasteiger partial charge on any atom is -0.390 e. The van der Waals surface area contributed by atoms with E-state index in [0.29, 0.717) is 17.9 Å². The third-order valence-electron chi connectivity index (χ3n) is 10.8. The van der Waals surface area contributed by atoms with Gasteiger partial charge in [0.1, 0.15) is 0 Å². The summed E-state index contributed by atoms with van der Waals surface area (Å²) in [5.41, 5.74) is 2.07. The van der Waals surface area contributed by atoms with E-state index in [-0.39, 0.29) is 22.7 Å². The van der Waals surface area contributed by atoms with Gasteiger partial charge in [-0.1, -0.05) is 31.9 Å². The fourth-order valence-electron chi connectivity index (χ4n) is 9.18.